The molecule has 2 amide bonds. The van der Waals surface area contributed by atoms with Crippen LogP contribution in [0.15, 0.2) is 0 Å². The highest BCUT2D eigenvalue weighted by Gasteiger charge is 2.30. The fourth-order valence-corrected chi connectivity index (χ4v) is 2.36. The van der Waals surface area contributed by atoms with E-state index in [1.54, 1.807) is 7.11 Å². The van der Waals surface area contributed by atoms with E-state index in [-0.39, 0.29) is 23.3 Å². The van der Waals surface area contributed by atoms with Crippen LogP contribution in [-0.4, -0.2) is 62.7 Å². The van der Waals surface area contributed by atoms with Crippen molar-refractivity contribution in [2.24, 2.45) is 5.41 Å². The van der Waals surface area contributed by atoms with E-state index in [9.17, 15) is 9.59 Å². The molecule has 1 saturated heterocycles. The molecule has 6 nitrogen and oxygen atoms in total. The van der Waals surface area contributed by atoms with Gasteiger partial charge in [0.15, 0.2) is 0 Å². The normalized spacial score (nSPS) is 16.9. The largest absolute Gasteiger partial charge is 0.383 e. The van der Waals surface area contributed by atoms with E-state index in [1.165, 1.54) is 0 Å². The first-order valence-electron chi connectivity index (χ1n) is 7.63. The van der Waals surface area contributed by atoms with Gasteiger partial charge in [0.25, 0.3) is 0 Å². The van der Waals surface area contributed by atoms with Gasteiger partial charge in [-0.1, -0.05) is 20.8 Å². The second kappa shape index (κ2) is 8.34. The van der Waals surface area contributed by atoms with Crippen molar-refractivity contribution in [3.05, 3.63) is 0 Å². The highest BCUT2D eigenvalue weighted by Crippen LogP contribution is 2.20. The molecule has 0 aliphatic carbocycles. The Balaban J connectivity index is 2.24. The van der Waals surface area contributed by atoms with Gasteiger partial charge in [-0.2, -0.15) is 0 Å². The Morgan fingerprint density at radius 1 is 1.24 bits per heavy atom. The molecule has 0 atom stereocenters. The number of nitrogens with zero attached hydrogens (tertiary/aromatic N) is 1. The zero-order valence-electron chi connectivity index (χ0n) is 13.7. The van der Waals surface area contributed by atoms with E-state index in [2.05, 4.69) is 10.6 Å². The monoisotopic (exact) mass is 299 g/mol. The van der Waals surface area contributed by atoms with Crippen molar-refractivity contribution < 1.29 is 14.3 Å². The smallest absolute Gasteiger partial charge is 0.234 e. The Labute approximate surface area is 127 Å². The van der Waals surface area contributed by atoms with Gasteiger partial charge < -0.3 is 20.3 Å². The summed E-state index contributed by atoms with van der Waals surface area (Å²) in [6, 6.07) is 0.172. The zero-order chi connectivity index (χ0) is 15.9. The number of carbonyl (C=O) groups is 2. The van der Waals surface area contributed by atoms with Crippen LogP contribution in [-0.2, 0) is 14.3 Å². The Morgan fingerprint density at radius 3 is 2.38 bits per heavy atom. The Kier molecular flexibility index (Phi) is 7.11. The molecule has 0 aromatic carbocycles. The van der Waals surface area contributed by atoms with E-state index in [4.69, 9.17) is 4.74 Å². The molecule has 0 spiro atoms. The summed E-state index contributed by atoms with van der Waals surface area (Å²) in [7, 11) is 1.63. The molecular formula is C15H29N3O3. The molecule has 1 heterocycles. The van der Waals surface area contributed by atoms with E-state index in [1.807, 2.05) is 25.7 Å². The van der Waals surface area contributed by atoms with Crippen molar-refractivity contribution in [1.82, 2.24) is 15.5 Å². The molecule has 0 unspecified atom stereocenters. The number of carbonyl (C=O) groups excluding carboxylic acids is 2. The number of amides is 2. The highest BCUT2D eigenvalue weighted by molar-refractivity contribution is 5.81. The van der Waals surface area contributed by atoms with E-state index in [0.717, 1.165) is 25.9 Å². The maximum Gasteiger partial charge on any atom is 0.234 e. The maximum absolute atomic E-state index is 12.2. The summed E-state index contributed by atoms with van der Waals surface area (Å²) in [5, 5.41) is 6.03. The molecule has 1 fully saturated rings. The van der Waals surface area contributed by atoms with Crippen molar-refractivity contribution in [1.29, 1.82) is 0 Å². The van der Waals surface area contributed by atoms with Crippen LogP contribution in [0.5, 0.6) is 0 Å². The van der Waals surface area contributed by atoms with Crippen molar-refractivity contribution >= 4 is 11.8 Å². The molecule has 122 valence electrons. The summed E-state index contributed by atoms with van der Waals surface area (Å²) in [4.78, 5) is 25.8. The number of likely N-dealkylation sites (tertiary alicyclic amines) is 1. The van der Waals surface area contributed by atoms with Crippen LogP contribution in [0.1, 0.15) is 33.6 Å². The van der Waals surface area contributed by atoms with E-state index in [0.29, 0.717) is 19.7 Å². The molecule has 0 aromatic rings. The minimum Gasteiger partial charge on any atom is -0.383 e. The van der Waals surface area contributed by atoms with Gasteiger partial charge >= 0.3 is 0 Å². The molecule has 0 radical (unpaired) electrons. The van der Waals surface area contributed by atoms with Gasteiger partial charge in [0.05, 0.1) is 13.2 Å². The topological polar surface area (TPSA) is 70.7 Å². The van der Waals surface area contributed by atoms with Crippen LogP contribution in [0.4, 0.5) is 0 Å². The summed E-state index contributed by atoms with van der Waals surface area (Å²) >= 11 is 0. The van der Waals surface area contributed by atoms with Gasteiger partial charge in [-0.3, -0.25) is 9.59 Å². The lowest BCUT2D eigenvalue weighted by Gasteiger charge is -2.36. The Hall–Kier alpha value is -1.14. The lowest BCUT2D eigenvalue weighted by molar-refractivity contribution is -0.140. The summed E-state index contributed by atoms with van der Waals surface area (Å²) in [5.74, 6) is 0.195. The molecule has 21 heavy (non-hydrogen) atoms. The van der Waals surface area contributed by atoms with Gasteiger partial charge in [0.2, 0.25) is 11.8 Å². The summed E-state index contributed by atoms with van der Waals surface area (Å²) in [6.45, 7) is 8.84. The molecule has 2 N–H and O–H groups in total. The van der Waals surface area contributed by atoms with Crippen LogP contribution in [0.2, 0.25) is 0 Å². The third-order valence-electron chi connectivity index (χ3n) is 3.56. The first kappa shape index (κ1) is 17.9. The number of ether oxygens (including phenoxy) is 1. The van der Waals surface area contributed by atoms with Gasteiger partial charge in [0, 0.05) is 38.2 Å². The molecular weight excluding hydrogens is 270 g/mol. The predicted molar refractivity (Wildman–Crippen MR) is 81.9 cm³/mol. The number of hydrogen-bond acceptors (Lipinski definition) is 4. The minimum atomic E-state index is -0.332. The number of piperidine rings is 1. The van der Waals surface area contributed by atoms with Crippen molar-refractivity contribution in [3.8, 4) is 0 Å². The lowest BCUT2D eigenvalue weighted by Crippen LogP contribution is -2.50. The van der Waals surface area contributed by atoms with Gasteiger partial charge in [-0.25, -0.2) is 0 Å². The van der Waals surface area contributed by atoms with Crippen LogP contribution < -0.4 is 10.6 Å². The minimum absolute atomic E-state index is 0.00620. The first-order chi connectivity index (χ1) is 9.84. The number of rotatable bonds is 6. The van der Waals surface area contributed by atoms with Crippen molar-refractivity contribution in [2.45, 2.75) is 39.7 Å². The molecule has 1 rings (SSSR count). The molecule has 0 saturated carbocycles. The molecule has 6 heteroatoms. The first-order valence-corrected chi connectivity index (χ1v) is 7.63. The number of nitrogens with one attached hydrogen (secondary N) is 2. The average molecular weight is 299 g/mol. The number of methoxy groups -OCH3 is 1. The maximum atomic E-state index is 12.2. The fraction of sp³-hybridized carbons (Fsp3) is 0.867. The van der Waals surface area contributed by atoms with Gasteiger partial charge in [-0.05, 0) is 12.8 Å². The van der Waals surface area contributed by atoms with Gasteiger partial charge in [0.1, 0.15) is 0 Å². The Bertz CT molecular complexity index is 345. The van der Waals surface area contributed by atoms with Crippen LogP contribution in [0.25, 0.3) is 0 Å². The van der Waals surface area contributed by atoms with E-state index < -0.39 is 0 Å². The molecule has 1 aliphatic rings. The third kappa shape index (κ3) is 6.44. The summed E-state index contributed by atoms with van der Waals surface area (Å²) in [6.07, 6.45) is 1.65. The molecule has 0 aromatic heterocycles. The quantitative estimate of drug-likeness (QED) is 0.696. The second-order valence-corrected chi connectivity index (χ2v) is 6.55. The highest BCUT2D eigenvalue weighted by atomic mass is 16.5. The fourth-order valence-electron chi connectivity index (χ4n) is 2.36. The summed E-state index contributed by atoms with van der Waals surface area (Å²) in [5.41, 5.74) is -0.332. The van der Waals surface area contributed by atoms with Crippen molar-refractivity contribution in [3.63, 3.8) is 0 Å². The predicted octanol–water partition coefficient (Wildman–Crippen LogP) is 0.376. The van der Waals surface area contributed by atoms with E-state index >= 15 is 0 Å². The Morgan fingerprint density at radius 2 is 1.86 bits per heavy atom. The zero-order valence-corrected chi connectivity index (χ0v) is 13.7. The van der Waals surface area contributed by atoms with Gasteiger partial charge in [-0.15, -0.1) is 0 Å². The van der Waals surface area contributed by atoms with Crippen molar-refractivity contribution in [2.75, 3.05) is 39.9 Å². The number of hydrogen-bond donors (Lipinski definition) is 2. The van der Waals surface area contributed by atoms with Crippen LogP contribution in [0.3, 0.4) is 0 Å². The van der Waals surface area contributed by atoms with Crippen LogP contribution in [0, 0.1) is 5.41 Å². The standard InChI is InChI=1S/C15H29N3O3/c1-15(2,3)14(20)18-8-5-12(6-9-18)17-13(19)11-16-7-10-21-4/h12,16H,5-11H2,1-4H3,(H,17,19). The average Bonchev–Trinajstić information content (AvgIpc) is 2.43. The SMILES string of the molecule is COCCNCC(=O)NC1CCN(C(=O)C(C)(C)C)CC1. The van der Waals surface area contributed by atoms with Crippen LogP contribution >= 0.6 is 0 Å². The molecule has 0 bridgehead atoms. The second-order valence-electron chi connectivity index (χ2n) is 6.55. The summed E-state index contributed by atoms with van der Waals surface area (Å²) < 4.78 is 4.90. The lowest BCUT2D eigenvalue weighted by atomic mass is 9.93. The molecule has 1 aliphatic heterocycles. The third-order valence-corrected chi connectivity index (χ3v) is 3.56.